The summed E-state index contributed by atoms with van der Waals surface area (Å²) in [5.74, 6) is -0.380. The van der Waals surface area contributed by atoms with E-state index in [9.17, 15) is 13.2 Å². The third-order valence-corrected chi connectivity index (χ3v) is 6.46. The van der Waals surface area contributed by atoms with Crippen molar-refractivity contribution in [3.8, 4) is 0 Å². The molecule has 0 saturated carbocycles. The number of sulfonamides is 1. The summed E-state index contributed by atoms with van der Waals surface area (Å²) in [7, 11) is -3.49. The van der Waals surface area contributed by atoms with Crippen molar-refractivity contribution in [2.45, 2.75) is 17.7 Å². The van der Waals surface area contributed by atoms with Crippen LogP contribution in [0, 0.1) is 0 Å². The molecule has 132 valence electrons. The molecule has 1 amide bonds. The lowest BCUT2D eigenvalue weighted by molar-refractivity contribution is 0.102. The summed E-state index contributed by atoms with van der Waals surface area (Å²) in [6.45, 7) is 1.08. The molecule has 0 atom stereocenters. The van der Waals surface area contributed by atoms with E-state index in [1.54, 1.807) is 12.1 Å². The van der Waals surface area contributed by atoms with Crippen molar-refractivity contribution in [3.05, 3.63) is 58.1 Å². The fourth-order valence-corrected chi connectivity index (χ4v) is 4.61. The van der Waals surface area contributed by atoms with Crippen molar-refractivity contribution in [1.82, 2.24) is 4.31 Å². The monoisotopic (exact) mass is 398 g/mol. The molecule has 0 aromatic heterocycles. The van der Waals surface area contributed by atoms with Gasteiger partial charge in [0.1, 0.15) is 0 Å². The highest BCUT2D eigenvalue weighted by Gasteiger charge is 2.27. The Hall–Kier alpha value is -1.60. The van der Waals surface area contributed by atoms with Crippen LogP contribution in [0.3, 0.4) is 0 Å². The van der Waals surface area contributed by atoms with Crippen LogP contribution in [-0.2, 0) is 10.0 Å². The number of hydrogen-bond donors (Lipinski definition) is 1. The van der Waals surface area contributed by atoms with Gasteiger partial charge in [-0.2, -0.15) is 4.31 Å². The SMILES string of the molecule is O=C(Nc1ccc(Cl)cc1Cl)c1ccc(S(=O)(=O)N2CCCC2)cc1. The van der Waals surface area contributed by atoms with Crippen LogP contribution >= 0.6 is 23.2 Å². The number of benzene rings is 2. The van der Waals surface area contributed by atoms with Crippen LogP contribution < -0.4 is 5.32 Å². The van der Waals surface area contributed by atoms with Gasteiger partial charge in [0.05, 0.1) is 15.6 Å². The van der Waals surface area contributed by atoms with Gasteiger partial charge in [-0.25, -0.2) is 8.42 Å². The topological polar surface area (TPSA) is 66.5 Å². The zero-order valence-corrected chi connectivity index (χ0v) is 15.5. The minimum Gasteiger partial charge on any atom is -0.321 e. The summed E-state index contributed by atoms with van der Waals surface area (Å²) in [6, 6.07) is 10.6. The first-order valence-electron chi connectivity index (χ1n) is 7.74. The minimum atomic E-state index is -3.49. The van der Waals surface area contributed by atoms with Crippen LogP contribution in [0.15, 0.2) is 47.4 Å². The number of hydrogen-bond acceptors (Lipinski definition) is 3. The van der Waals surface area contributed by atoms with E-state index in [-0.39, 0.29) is 10.8 Å². The second-order valence-corrected chi connectivity index (χ2v) is 8.50. The summed E-state index contributed by atoms with van der Waals surface area (Å²) in [5.41, 5.74) is 0.774. The molecule has 2 aromatic rings. The first-order chi connectivity index (χ1) is 11.9. The third kappa shape index (κ3) is 3.98. The van der Waals surface area contributed by atoms with E-state index in [1.165, 1.54) is 34.6 Å². The quantitative estimate of drug-likeness (QED) is 0.844. The lowest BCUT2D eigenvalue weighted by Gasteiger charge is -2.15. The Morgan fingerprint density at radius 2 is 1.64 bits per heavy atom. The van der Waals surface area contributed by atoms with E-state index in [4.69, 9.17) is 23.2 Å². The van der Waals surface area contributed by atoms with E-state index < -0.39 is 10.0 Å². The second-order valence-electron chi connectivity index (χ2n) is 5.71. The molecular weight excluding hydrogens is 383 g/mol. The Morgan fingerprint density at radius 1 is 1.00 bits per heavy atom. The van der Waals surface area contributed by atoms with Gasteiger partial charge in [-0.1, -0.05) is 23.2 Å². The lowest BCUT2D eigenvalue weighted by Crippen LogP contribution is -2.27. The highest BCUT2D eigenvalue weighted by Crippen LogP contribution is 2.26. The van der Waals surface area contributed by atoms with Gasteiger partial charge in [-0.3, -0.25) is 4.79 Å². The van der Waals surface area contributed by atoms with Gasteiger partial charge in [0.15, 0.2) is 0 Å². The van der Waals surface area contributed by atoms with Crippen LogP contribution in [0.25, 0.3) is 0 Å². The number of carbonyl (C=O) groups is 1. The largest absolute Gasteiger partial charge is 0.321 e. The van der Waals surface area contributed by atoms with Crippen LogP contribution in [0.5, 0.6) is 0 Å². The number of nitrogens with zero attached hydrogens (tertiary/aromatic N) is 1. The standard InChI is InChI=1S/C17H16Cl2N2O3S/c18-13-5-8-16(15(19)11-13)20-17(22)12-3-6-14(7-4-12)25(23,24)21-9-1-2-10-21/h3-8,11H,1-2,9-10H2,(H,20,22). The Bertz CT molecular complexity index is 893. The summed E-state index contributed by atoms with van der Waals surface area (Å²) in [4.78, 5) is 12.5. The van der Waals surface area contributed by atoms with Gasteiger partial charge in [0.25, 0.3) is 5.91 Å². The van der Waals surface area contributed by atoms with Crippen LogP contribution in [0.1, 0.15) is 23.2 Å². The molecule has 0 radical (unpaired) electrons. The number of halogens is 2. The van der Waals surface area contributed by atoms with Gasteiger partial charge in [-0.15, -0.1) is 0 Å². The molecule has 2 aromatic carbocycles. The van der Waals surface area contributed by atoms with E-state index in [0.29, 0.717) is 34.4 Å². The summed E-state index contributed by atoms with van der Waals surface area (Å²) in [6.07, 6.45) is 1.75. The number of rotatable bonds is 4. The molecule has 1 fully saturated rings. The predicted octanol–water partition coefficient (Wildman–Crippen LogP) is 4.03. The molecule has 25 heavy (non-hydrogen) atoms. The number of amides is 1. The Labute approximate surface area is 156 Å². The van der Waals surface area contributed by atoms with Crippen molar-refractivity contribution < 1.29 is 13.2 Å². The molecule has 1 N–H and O–H groups in total. The number of nitrogens with one attached hydrogen (secondary N) is 1. The maximum absolute atomic E-state index is 12.5. The average Bonchev–Trinajstić information content (AvgIpc) is 3.13. The second kappa shape index (κ2) is 7.33. The van der Waals surface area contributed by atoms with E-state index in [0.717, 1.165) is 12.8 Å². The summed E-state index contributed by atoms with van der Waals surface area (Å²) in [5, 5.41) is 3.48. The molecule has 0 bridgehead atoms. The molecule has 5 nitrogen and oxygen atoms in total. The smallest absolute Gasteiger partial charge is 0.255 e. The maximum Gasteiger partial charge on any atom is 0.255 e. The fraction of sp³-hybridized carbons (Fsp3) is 0.235. The highest BCUT2D eigenvalue weighted by atomic mass is 35.5. The van der Waals surface area contributed by atoms with Gasteiger partial charge >= 0.3 is 0 Å². The van der Waals surface area contributed by atoms with Gasteiger partial charge in [0.2, 0.25) is 10.0 Å². The van der Waals surface area contributed by atoms with Crippen molar-refractivity contribution in [1.29, 1.82) is 0 Å². The molecule has 8 heteroatoms. The lowest BCUT2D eigenvalue weighted by atomic mass is 10.2. The van der Waals surface area contributed by atoms with E-state index in [2.05, 4.69) is 5.32 Å². The number of anilines is 1. The fourth-order valence-electron chi connectivity index (χ4n) is 2.64. The first kappa shape index (κ1) is 18.2. The molecule has 1 saturated heterocycles. The molecule has 1 aliphatic heterocycles. The molecule has 1 heterocycles. The normalized spacial score (nSPS) is 15.3. The minimum absolute atomic E-state index is 0.190. The summed E-state index contributed by atoms with van der Waals surface area (Å²) >= 11 is 11.9. The third-order valence-electron chi connectivity index (χ3n) is 4.00. The molecular formula is C17H16Cl2N2O3S. The number of carbonyl (C=O) groups excluding carboxylic acids is 1. The predicted molar refractivity (Wildman–Crippen MR) is 98.9 cm³/mol. The Kier molecular flexibility index (Phi) is 5.34. The Morgan fingerprint density at radius 3 is 2.24 bits per heavy atom. The van der Waals surface area contributed by atoms with Crippen LogP contribution in [-0.4, -0.2) is 31.7 Å². The molecule has 0 aliphatic carbocycles. The van der Waals surface area contributed by atoms with Crippen LogP contribution in [0.2, 0.25) is 10.0 Å². The van der Waals surface area contributed by atoms with Gasteiger partial charge in [0, 0.05) is 23.7 Å². The van der Waals surface area contributed by atoms with Crippen molar-refractivity contribution in [2.24, 2.45) is 0 Å². The van der Waals surface area contributed by atoms with Crippen LogP contribution in [0.4, 0.5) is 5.69 Å². The molecule has 3 rings (SSSR count). The molecule has 0 unspecified atom stereocenters. The van der Waals surface area contributed by atoms with Crippen molar-refractivity contribution in [3.63, 3.8) is 0 Å². The highest BCUT2D eigenvalue weighted by molar-refractivity contribution is 7.89. The molecule has 0 spiro atoms. The van der Waals surface area contributed by atoms with Gasteiger partial charge < -0.3 is 5.32 Å². The van der Waals surface area contributed by atoms with E-state index >= 15 is 0 Å². The molecule has 1 aliphatic rings. The van der Waals surface area contributed by atoms with Crippen molar-refractivity contribution >= 4 is 44.8 Å². The zero-order valence-electron chi connectivity index (χ0n) is 13.2. The first-order valence-corrected chi connectivity index (χ1v) is 9.94. The van der Waals surface area contributed by atoms with Crippen molar-refractivity contribution in [2.75, 3.05) is 18.4 Å². The maximum atomic E-state index is 12.5. The summed E-state index contributed by atoms with van der Waals surface area (Å²) < 4.78 is 26.4. The average molecular weight is 399 g/mol. The Balaban J connectivity index is 1.76. The van der Waals surface area contributed by atoms with E-state index in [1.807, 2.05) is 0 Å². The van der Waals surface area contributed by atoms with Gasteiger partial charge in [-0.05, 0) is 55.3 Å². The zero-order chi connectivity index (χ0) is 18.0.